The molecule has 25 heavy (non-hydrogen) atoms. The molecule has 0 saturated heterocycles. The molecule has 0 N–H and O–H groups in total. The molecule has 0 spiro atoms. The molecular formula is C23H33NO. The van der Waals surface area contributed by atoms with Gasteiger partial charge in [0.05, 0.1) is 0 Å². The van der Waals surface area contributed by atoms with E-state index in [4.69, 9.17) is 0 Å². The van der Waals surface area contributed by atoms with Gasteiger partial charge in [0, 0.05) is 12.5 Å². The lowest BCUT2D eigenvalue weighted by Gasteiger charge is -2.42. The molecule has 2 nitrogen and oxygen atoms in total. The largest absolute Gasteiger partial charge is 0.303 e. The van der Waals surface area contributed by atoms with E-state index >= 15 is 0 Å². The van der Waals surface area contributed by atoms with Crippen LogP contribution in [-0.4, -0.2) is 24.8 Å². The van der Waals surface area contributed by atoms with Crippen LogP contribution in [0.25, 0.3) is 0 Å². The van der Waals surface area contributed by atoms with Gasteiger partial charge in [0.2, 0.25) is 0 Å². The summed E-state index contributed by atoms with van der Waals surface area (Å²) in [5.74, 6) is 0.849. The first-order valence-corrected chi connectivity index (χ1v) is 9.56. The monoisotopic (exact) mass is 339 g/mol. The fraction of sp³-hybridized carbons (Fsp3) is 0.522. The van der Waals surface area contributed by atoms with Crippen molar-refractivity contribution >= 4 is 6.29 Å². The van der Waals surface area contributed by atoms with Gasteiger partial charge in [0.25, 0.3) is 0 Å². The first-order chi connectivity index (χ1) is 12.0. The number of hydrogen-bond donors (Lipinski definition) is 0. The maximum atomic E-state index is 11.1. The first-order valence-electron chi connectivity index (χ1n) is 9.56. The Morgan fingerprint density at radius 3 is 2.52 bits per heavy atom. The summed E-state index contributed by atoms with van der Waals surface area (Å²) in [5.41, 5.74) is 1.47. The van der Waals surface area contributed by atoms with Crippen molar-refractivity contribution in [1.82, 2.24) is 4.90 Å². The maximum Gasteiger partial charge on any atom is 0.120 e. The van der Waals surface area contributed by atoms with Crippen molar-refractivity contribution in [2.45, 2.75) is 46.1 Å². The molecule has 1 aromatic rings. The molecule has 3 unspecified atom stereocenters. The number of nitrogens with zero attached hydrogens (tertiary/aromatic N) is 1. The van der Waals surface area contributed by atoms with Crippen molar-refractivity contribution in [3.05, 3.63) is 60.2 Å². The van der Waals surface area contributed by atoms with Crippen LogP contribution >= 0.6 is 0 Å². The summed E-state index contributed by atoms with van der Waals surface area (Å²) < 4.78 is 0. The van der Waals surface area contributed by atoms with Gasteiger partial charge in [0.15, 0.2) is 0 Å². The highest BCUT2D eigenvalue weighted by Gasteiger charge is 2.38. The molecule has 1 aliphatic rings. The summed E-state index contributed by atoms with van der Waals surface area (Å²) >= 11 is 0. The number of hydrogen-bond acceptors (Lipinski definition) is 2. The van der Waals surface area contributed by atoms with E-state index in [-0.39, 0.29) is 5.41 Å². The minimum atomic E-state index is 0.104. The SMILES string of the molecule is CC(c1ccccc1)N(C)CCCC1(C(C)C)C=CC=CC1CC=O. The number of rotatable bonds is 9. The third-order valence-electron chi connectivity index (χ3n) is 6.04. The van der Waals surface area contributed by atoms with E-state index in [9.17, 15) is 4.79 Å². The second-order valence-corrected chi connectivity index (χ2v) is 7.69. The molecule has 2 heteroatoms. The van der Waals surface area contributed by atoms with E-state index in [0.29, 0.717) is 24.3 Å². The zero-order valence-corrected chi connectivity index (χ0v) is 16.2. The van der Waals surface area contributed by atoms with E-state index < -0.39 is 0 Å². The zero-order chi connectivity index (χ0) is 18.3. The van der Waals surface area contributed by atoms with Gasteiger partial charge >= 0.3 is 0 Å². The van der Waals surface area contributed by atoms with Gasteiger partial charge in [-0.25, -0.2) is 0 Å². The van der Waals surface area contributed by atoms with Crippen molar-refractivity contribution in [2.24, 2.45) is 17.3 Å². The molecule has 0 amide bonds. The van der Waals surface area contributed by atoms with Crippen LogP contribution in [0.1, 0.15) is 51.6 Å². The highest BCUT2D eigenvalue weighted by Crippen LogP contribution is 2.45. The molecule has 136 valence electrons. The highest BCUT2D eigenvalue weighted by atomic mass is 16.1. The van der Waals surface area contributed by atoms with E-state index in [2.05, 4.69) is 87.4 Å². The number of carbonyl (C=O) groups is 1. The predicted molar refractivity (Wildman–Crippen MR) is 106 cm³/mol. The number of aldehydes is 1. The Morgan fingerprint density at radius 1 is 1.16 bits per heavy atom. The van der Waals surface area contributed by atoms with Crippen LogP contribution in [0.15, 0.2) is 54.6 Å². The predicted octanol–water partition coefficient (Wildman–Crippen LogP) is 5.43. The Kier molecular flexibility index (Phi) is 7.19. The average molecular weight is 340 g/mol. The molecule has 3 atom stereocenters. The second kappa shape index (κ2) is 9.15. The molecule has 2 rings (SSSR count). The summed E-state index contributed by atoms with van der Waals surface area (Å²) in [6, 6.07) is 11.1. The van der Waals surface area contributed by atoms with Crippen LogP contribution in [0.5, 0.6) is 0 Å². The van der Waals surface area contributed by atoms with E-state index in [1.165, 1.54) is 5.56 Å². The quantitative estimate of drug-likeness (QED) is 0.559. The second-order valence-electron chi connectivity index (χ2n) is 7.69. The van der Waals surface area contributed by atoms with Crippen LogP contribution < -0.4 is 0 Å². The van der Waals surface area contributed by atoms with Crippen LogP contribution in [0, 0.1) is 17.3 Å². The Morgan fingerprint density at radius 2 is 1.88 bits per heavy atom. The highest BCUT2D eigenvalue weighted by molar-refractivity contribution is 5.51. The van der Waals surface area contributed by atoms with Crippen LogP contribution in [0.2, 0.25) is 0 Å². The molecule has 0 saturated carbocycles. The Balaban J connectivity index is 1.98. The first kappa shape index (κ1) is 19.7. The molecule has 0 bridgehead atoms. The normalized spacial score (nSPS) is 24.0. The lowest BCUT2D eigenvalue weighted by molar-refractivity contribution is -0.109. The van der Waals surface area contributed by atoms with E-state index in [0.717, 1.165) is 25.7 Å². The smallest absolute Gasteiger partial charge is 0.120 e. The van der Waals surface area contributed by atoms with E-state index in [1.54, 1.807) is 0 Å². The van der Waals surface area contributed by atoms with Crippen molar-refractivity contribution < 1.29 is 4.79 Å². The van der Waals surface area contributed by atoms with Gasteiger partial charge in [-0.3, -0.25) is 4.90 Å². The van der Waals surface area contributed by atoms with Crippen molar-refractivity contribution in [1.29, 1.82) is 0 Å². The van der Waals surface area contributed by atoms with Gasteiger partial charge in [-0.1, -0.05) is 68.5 Å². The number of carbonyl (C=O) groups excluding carboxylic acids is 1. The minimum absolute atomic E-state index is 0.104. The topological polar surface area (TPSA) is 20.3 Å². The Labute approximate surface area is 153 Å². The van der Waals surface area contributed by atoms with Crippen LogP contribution in [0.4, 0.5) is 0 Å². The van der Waals surface area contributed by atoms with Gasteiger partial charge in [-0.05, 0) is 56.2 Å². The molecular weight excluding hydrogens is 306 g/mol. The molecule has 0 heterocycles. The third kappa shape index (κ3) is 4.70. The maximum absolute atomic E-state index is 11.1. The van der Waals surface area contributed by atoms with Crippen LogP contribution in [0.3, 0.4) is 0 Å². The average Bonchev–Trinajstić information content (AvgIpc) is 2.63. The van der Waals surface area contributed by atoms with Gasteiger partial charge in [-0.2, -0.15) is 0 Å². The Bertz CT molecular complexity index is 589. The van der Waals surface area contributed by atoms with Gasteiger partial charge < -0.3 is 4.79 Å². The lowest BCUT2D eigenvalue weighted by Crippen LogP contribution is -2.36. The molecule has 0 aliphatic heterocycles. The van der Waals surface area contributed by atoms with Crippen molar-refractivity contribution in [3.8, 4) is 0 Å². The van der Waals surface area contributed by atoms with Gasteiger partial charge in [0.1, 0.15) is 6.29 Å². The van der Waals surface area contributed by atoms with E-state index in [1.807, 2.05) is 0 Å². The summed E-state index contributed by atoms with van der Waals surface area (Å²) in [4.78, 5) is 13.6. The zero-order valence-electron chi connectivity index (χ0n) is 16.2. The molecule has 0 radical (unpaired) electrons. The summed E-state index contributed by atoms with van der Waals surface area (Å²) in [7, 11) is 2.21. The fourth-order valence-electron chi connectivity index (χ4n) is 4.13. The number of allylic oxidation sites excluding steroid dienone is 4. The molecule has 0 fully saturated rings. The molecule has 1 aromatic carbocycles. The third-order valence-corrected chi connectivity index (χ3v) is 6.04. The summed E-state index contributed by atoms with van der Waals surface area (Å²) in [6.07, 6.45) is 12.8. The van der Waals surface area contributed by atoms with Crippen molar-refractivity contribution in [2.75, 3.05) is 13.6 Å². The molecule has 0 aromatic heterocycles. The fourth-order valence-corrected chi connectivity index (χ4v) is 4.13. The summed E-state index contributed by atoms with van der Waals surface area (Å²) in [5, 5.41) is 0. The molecule has 1 aliphatic carbocycles. The number of benzene rings is 1. The van der Waals surface area contributed by atoms with Gasteiger partial charge in [-0.15, -0.1) is 0 Å². The minimum Gasteiger partial charge on any atom is -0.303 e. The van der Waals surface area contributed by atoms with Crippen LogP contribution in [-0.2, 0) is 4.79 Å². The Hall–Kier alpha value is -1.67. The summed E-state index contributed by atoms with van der Waals surface area (Å²) in [6.45, 7) is 7.91. The van der Waals surface area contributed by atoms with Crippen molar-refractivity contribution in [3.63, 3.8) is 0 Å². The lowest BCUT2D eigenvalue weighted by atomic mass is 9.62. The standard InChI is InChI=1S/C23H33NO/c1-19(2)23(15-9-8-13-22(23)14-18-25)16-10-17-24(4)20(3)21-11-6-5-7-12-21/h5-9,11-13,15,18-20,22H,10,14,16-17H2,1-4H3.